The number of nitrogens with one attached hydrogen (secondary N) is 1. The predicted octanol–water partition coefficient (Wildman–Crippen LogP) is 4.66. The molecule has 2 aromatic carbocycles. The third-order valence-electron chi connectivity index (χ3n) is 6.58. The molecule has 0 radical (unpaired) electrons. The van der Waals surface area contributed by atoms with Crippen LogP contribution < -0.4 is 14.8 Å². The van der Waals surface area contributed by atoms with E-state index in [0.717, 1.165) is 11.4 Å². The van der Waals surface area contributed by atoms with E-state index in [-0.39, 0.29) is 48.0 Å². The molecule has 0 aromatic heterocycles. The van der Waals surface area contributed by atoms with Crippen LogP contribution >= 0.6 is 27.5 Å². The van der Waals surface area contributed by atoms with Gasteiger partial charge in [0.05, 0.1) is 29.1 Å². The van der Waals surface area contributed by atoms with Gasteiger partial charge in [0.1, 0.15) is 0 Å². The van der Waals surface area contributed by atoms with E-state index in [1.54, 1.807) is 36.4 Å². The van der Waals surface area contributed by atoms with Crippen LogP contribution in [0, 0.1) is 23.7 Å². The average molecular weight is 573 g/mol. The molecule has 1 aliphatic heterocycles. The van der Waals surface area contributed by atoms with Crippen molar-refractivity contribution in [3.63, 3.8) is 0 Å². The number of ether oxygens (including phenoxy) is 2. The number of halogens is 2. The lowest BCUT2D eigenvalue weighted by Gasteiger charge is -2.15. The van der Waals surface area contributed by atoms with Gasteiger partial charge in [-0.25, -0.2) is 0 Å². The lowest BCUT2D eigenvalue weighted by Crippen LogP contribution is -2.28. The zero-order chi connectivity index (χ0) is 25.4. The fourth-order valence-electron chi connectivity index (χ4n) is 5.06. The molecule has 8 nitrogen and oxygen atoms in total. The van der Waals surface area contributed by atoms with Crippen molar-refractivity contribution in [3.8, 4) is 11.5 Å². The highest BCUT2D eigenvalue weighted by molar-refractivity contribution is 9.10. The highest BCUT2D eigenvalue weighted by atomic mass is 79.9. The lowest BCUT2D eigenvalue weighted by atomic mass is 9.85. The summed E-state index contributed by atoms with van der Waals surface area (Å²) in [5, 5.41) is 8.53. The molecule has 0 unspecified atom stereocenters. The molecule has 10 heteroatoms. The summed E-state index contributed by atoms with van der Waals surface area (Å²) < 4.78 is 12.0. The van der Waals surface area contributed by atoms with E-state index in [9.17, 15) is 14.4 Å². The van der Waals surface area contributed by atoms with Crippen molar-refractivity contribution in [1.29, 1.82) is 0 Å². The molecule has 0 spiro atoms. The van der Waals surface area contributed by atoms with Gasteiger partial charge in [0.15, 0.2) is 18.1 Å². The fraction of sp³-hybridized carbons (Fsp3) is 0.308. The number of benzene rings is 2. The summed E-state index contributed by atoms with van der Waals surface area (Å²) in [6, 6.07) is 10.1. The third kappa shape index (κ3) is 4.65. The van der Waals surface area contributed by atoms with Crippen molar-refractivity contribution < 1.29 is 23.9 Å². The number of hydrazone groups is 1. The van der Waals surface area contributed by atoms with Gasteiger partial charge in [0.2, 0.25) is 0 Å². The van der Waals surface area contributed by atoms with Gasteiger partial charge in [-0.1, -0.05) is 23.8 Å². The van der Waals surface area contributed by atoms with E-state index >= 15 is 0 Å². The van der Waals surface area contributed by atoms with Crippen molar-refractivity contribution in [1.82, 2.24) is 5.01 Å². The monoisotopic (exact) mass is 571 g/mol. The maximum absolute atomic E-state index is 12.9. The summed E-state index contributed by atoms with van der Waals surface area (Å²) in [6.45, 7) is 1.95. The molecule has 2 aliphatic carbocycles. The van der Waals surface area contributed by atoms with Crippen LogP contribution in [0.5, 0.6) is 11.5 Å². The van der Waals surface area contributed by atoms with E-state index in [1.807, 2.05) is 19.1 Å². The molecule has 186 valence electrons. The van der Waals surface area contributed by atoms with E-state index in [1.165, 1.54) is 6.21 Å². The number of allylic oxidation sites excluding steroid dienone is 2. The van der Waals surface area contributed by atoms with E-state index < -0.39 is 0 Å². The second-order valence-corrected chi connectivity index (χ2v) is 10.1. The molecular weight excluding hydrogens is 550 g/mol. The largest absolute Gasteiger partial charge is 0.490 e. The number of hydrogen-bond acceptors (Lipinski definition) is 6. The Morgan fingerprint density at radius 1 is 1.14 bits per heavy atom. The van der Waals surface area contributed by atoms with Crippen LogP contribution in [0.3, 0.4) is 0 Å². The zero-order valence-electron chi connectivity index (χ0n) is 19.3. The van der Waals surface area contributed by atoms with Crippen molar-refractivity contribution in [2.45, 2.75) is 13.3 Å². The highest BCUT2D eigenvalue weighted by Crippen LogP contribution is 2.52. The van der Waals surface area contributed by atoms with Crippen molar-refractivity contribution >= 4 is 57.2 Å². The molecule has 2 fully saturated rings. The lowest BCUT2D eigenvalue weighted by molar-refractivity contribution is -0.140. The summed E-state index contributed by atoms with van der Waals surface area (Å²) in [4.78, 5) is 38.1. The van der Waals surface area contributed by atoms with E-state index in [0.29, 0.717) is 38.9 Å². The second-order valence-electron chi connectivity index (χ2n) is 8.84. The van der Waals surface area contributed by atoms with Crippen LogP contribution in [0.15, 0.2) is 58.1 Å². The molecular formula is C26H23BrClN3O5. The smallest absolute Gasteiger partial charge is 0.262 e. The Morgan fingerprint density at radius 3 is 2.44 bits per heavy atom. The van der Waals surface area contributed by atoms with Crippen LogP contribution in [0.1, 0.15) is 18.9 Å². The molecule has 1 saturated carbocycles. The van der Waals surface area contributed by atoms with Crippen LogP contribution in [-0.4, -0.2) is 42.2 Å². The van der Waals surface area contributed by atoms with Crippen LogP contribution in [0.25, 0.3) is 0 Å². The molecule has 1 N–H and O–H groups in total. The Bertz CT molecular complexity index is 1250. The number of rotatable bonds is 8. The standard InChI is InChI=1S/C26H23BrClN3O5/c1-2-35-20-10-14(12-29-31-25(33)22-15-3-4-16(11-15)23(22)26(31)34)9-19(27)24(20)36-13-21(32)30-18-7-5-17(28)6-8-18/h3-10,12,15-16,22-23H,2,11,13H2,1H3,(H,30,32)/t15-,16-,22-,23+/m0/s1. The van der Waals surface area contributed by atoms with Gasteiger partial charge in [0, 0.05) is 10.7 Å². The second kappa shape index (κ2) is 10.1. The number of fused-ring (bicyclic) bond motifs is 5. The summed E-state index contributed by atoms with van der Waals surface area (Å²) in [5.74, 6) is -0.431. The van der Waals surface area contributed by atoms with Gasteiger partial charge in [-0.05, 0) is 83.1 Å². The van der Waals surface area contributed by atoms with Gasteiger partial charge < -0.3 is 14.8 Å². The van der Waals surface area contributed by atoms with Crippen molar-refractivity contribution in [2.75, 3.05) is 18.5 Å². The normalized spacial score (nSPS) is 24.0. The summed E-state index contributed by atoms with van der Waals surface area (Å²) in [6.07, 6.45) is 6.42. The van der Waals surface area contributed by atoms with Gasteiger partial charge in [-0.2, -0.15) is 10.1 Å². The van der Waals surface area contributed by atoms with Gasteiger partial charge in [-0.15, -0.1) is 0 Å². The number of amides is 3. The number of anilines is 1. The number of carbonyl (C=O) groups excluding carboxylic acids is 3. The van der Waals surface area contributed by atoms with Crippen LogP contribution in [0.4, 0.5) is 5.69 Å². The number of carbonyl (C=O) groups is 3. The Labute approximate surface area is 221 Å². The number of hydrogen-bond donors (Lipinski definition) is 1. The summed E-state index contributed by atoms with van der Waals surface area (Å²) in [5.41, 5.74) is 1.20. The Kier molecular flexibility index (Phi) is 6.85. The molecule has 36 heavy (non-hydrogen) atoms. The Morgan fingerprint density at radius 2 is 1.81 bits per heavy atom. The molecule has 4 atom stereocenters. The maximum Gasteiger partial charge on any atom is 0.262 e. The molecule has 5 rings (SSSR count). The first-order valence-corrected chi connectivity index (χ1v) is 12.8. The first-order valence-electron chi connectivity index (χ1n) is 11.6. The molecule has 3 aliphatic rings. The van der Waals surface area contributed by atoms with Crippen molar-refractivity contribution in [2.24, 2.45) is 28.8 Å². The van der Waals surface area contributed by atoms with E-state index in [2.05, 4.69) is 26.3 Å². The fourth-order valence-corrected chi connectivity index (χ4v) is 5.76. The summed E-state index contributed by atoms with van der Waals surface area (Å²) in [7, 11) is 0. The molecule has 1 heterocycles. The first-order chi connectivity index (χ1) is 17.4. The van der Waals surface area contributed by atoms with Gasteiger partial charge in [-0.3, -0.25) is 14.4 Å². The molecule has 2 bridgehead atoms. The quantitative estimate of drug-likeness (QED) is 0.282. The van der Waals surface area contributed by atoms with Crippen molar-refractivity contribution in [3.05, 3.63) is 63.6 Å². The highest BCUT2D eigenvalue weighted by Gasteiger charge is 2.59. The molecule has 2 aromatic rings. The molecule has 1 saturated heterocycles. The Hall–Kier alpha value is -3.17. The maximum atomic E-state index is 12.9. The average Bonchev–Trinajstić information content (AvgIpc) is 3.53. The van der Waals surface area contributed by atoms with Crippen LogP contribution in [0.2, 0.25) is 5.02 Å². The van der Waals surface area contributed by atoms with Gasteiger partial charge in [0.25, 0.3) is 17.7 Å². The van der Waals surface area contributed by atoms with Crippen LogP contribution in [-0.2, 0) is 14.4 Å². The number of nitrogens with zero attached hydrogens (tertiary/aromatic N) is 2. The van der Waals surface area contributed by atoms with E-state index in [4.69, 9.17) is 21.1 Å². The topological polar surface area (TPSA) is 97.3 Å². The minimum Gasteiger partial charge on any atom is -0.490 e. The van der Waals surface area contributed by atoms with Gasteiger partial charge >= 0.3 is 0 Å². The minimum absolute atomic E-state index is 0.128. The third-order valence-corrected chi connectivity index (χ3v) is 7.42. The SMILES string of the molecule is CCOc1cc(C=NN2C(=O)[C@@H]3[C@H](C2=O)[C@H]2C=C[C@H]3C2)cc(Br)c1OCC(=O)Nc1ccc(Cl)cc1. The summed E-state index contributed by atoms with van der Waals surface area (Å²) >= 11 is 9.34. The first kappa shape index (κ1) is 24.5. The number of imide groups is 1. The predicted molar refractivity (Wildman–Crippen MR) is 138 cm³/mol. The minimum atomic E-state index is -0.350. The Balaban J connectivity index is 1.28. The zero-order valence-corrected chi connectivity index (χ0v) is 21.7. The molecule has 3 amide bonds.